The second-order valence-corrected chi connectivity index (χ2v) is 5.35. The summed E-state index contributed by atoms with van der Waals surface area (Å²) in [4.78, 5) is 11.3. The van der Waals surface area contributed by atoms with E-state index in [2.05, 4.69) is 5.10 Å². The summed E-state index contributed by atoms with van der Waals surface area (Å²) < 4.78 is 39.1. The van der Waals surface area contributed by atoms with E-state index in [4.69, 9.17) is 0 Å². The molecule has 20 heavy (non-hydrogen) atoms. The third-order valence-corrected chi connectivity index (χ3v) is 3.86. The zero-order valence-electron chi connectivity index (χ0n) is 11.2. The Balaban J connectivity index is 2.23. The van der Waals surface area contributed by atoms with Crippen LogP contribution in [0.5, 0.6) is 0 Å². The lowest BCUT2D eigenvalue weighted by Gasteiger charge is -2.17. The van der Waals surface area contributed by atoms with Gasteiger partial charge < -0.3 is 5.11 Å². The molecule has 2 rings (SSSR count). The van der Waals surface area contributed by atoms with Gasteiger partial charge in [0.2, 0.25) is 0 Å². The van der Waals surface area contributed by atoms with E-state index >= 15 is 0 Å². The molecule has 1 aliphatic carbocycles. The molecule has 0 amide bonds. The maximum Gasteiger partial charge on any atom is 0.419 e. The molecule has 1 heterocycles. The number of carbonyl (C=O) groups is 1. The van der Waals surface area contributed by atoms with E-state index in [9.17, 15) is 23.1 Å². The molecule has 0 saturated heterocycles. The van der Waals surface area contributed by atoms with Crippen LogP contribution in [-0.4, -0.2) is 20.9 Å². The summed E-state index contributed by atoms with van der Waals surface area (Å²) in [6.45, 7) is 1.24. The van der Waals surface area contributed by atoms with Gasteiger partial charge in [0.1, 0.15) is 6.04 Å². The maximum absolute atomic E-state index is 12.7. The highest BCUT2D eigenvalue weighted by atomic mass is 19.4. The topological polar surface area (TPSA) is 55.1 Å². The Morgan fingerprint density at radius 3 is 2.55 bits per heavy atom. The van der Waals surface area contributed by atoms with Crippen LogP contribution in [0.15, 0.2) is 6.20 Å². The van der Waals surface area contributed by atoms with E-state index in [1.807, 2.05) is 0 Å². The predicted octanol–water partition coefficient (Wildman–Crippen LogP) is 3.42. The van der Waals surface area contributed by atoms with Gasteiger partial charge in [-0.2, -0.15) is 18.3 Å². The van der Waals surface area contributed by atoms with E-state index in [1.54, 1.807) is 0 Å². The van der Waals surface area contributed by atoms with Gasteiger partial charge in [-0.25, -0.2) is 4.79 Å². The molecule has 0 aliphatic heterocycles. The number of halogens is 3. The molecule has 1 atom stereocenters. The van der Waals surface area contributed by atoms with Crippen molar-refractivity contribution in [1.29, 1.82) is 0 Å². The molecule has 1 N–H and O–H groups in total. The number of aliphatic carboxylic acids is 1. The standard InChI is InChI=1S/C13H17F3N2O2/c1-8-10(13(14,15)16)7-18(17-8)11(12(19)20)6-9-4-2-3-5-9/h7,9,11H,2-6H2,1H3,(H,19,20). The number of nitrogens with zero attached hydrogens (tertiary/aromatic N) is 2. The van der Waals surface area contributed by atoms with Crippen molar-refractivity contribution >= 4 is 5.97 Å². The molecule has 7 heteroatoms. The Bertz CT molecular complexity index is 490. The molecule has 1 saturated carbocycles. The van der Waals surface area contributed by atoms with Gasteiger partial charge in [0.15, 0.2) is 0 Å². The fourth-order valence-electron chi connectivity index (χ4n) is 2.80. The Hall–Kier alpha value is -1.53. The average Bonchev–Trinajstić information content (AvgIpc) is 2.93. The zero-order valence-corrected chi connectivity index (χ0v) is 11.2. The maximum atomic E-state index is 12.7. The van der Waals surface area contributed by atoms with E-state index in [0.29, 0.717) is 6.42 Å². The Morgan fingerprint density at radius 1 is 1.50 bits per heavy atom. The van der Waals surface area contributed by atoms with Crippen LogP contribution in [0.25, 0.3) is 0 Å². The zero-order chi connectivity index (χ0) is 14.9. The second-order valence-electron chi connectivity index (χ2n) is 5.35. The summed E-state index contributed by atoms with van der Waals surface area (Å²) in [5, 5.41) is 13.0. The van der Waals surface area contributed by atoms with E-state index in [0.717, 1.165) is 36.6 Å². The molecular formula is C13H17F3N2O2. The molecule has 1 aromatic heterocycles. The van der Waals surface area contributed by atoms with Crippen molar-refractivity contribution in [3.8, 4) is 0 Å². The lowest BCUT2D eigenvalue weighted by Crippen LogP contribution is -2.22. The van der Waals surface area contributed by atoms with E-state index < -0.39 is 23.8 Å². The first kappa shape index (κ1) is 14.9. The van der Waals surface area contributed by atoms with Gasteiger partial charge in [-0.3, -0.25) is 4.68 Å². The number of alkyl halides is 3. The van der Waals surface area contributed by atoms with Crippen molar-refractivity contribution in [3.63, 3.8) is 0 Å². The van der Waals surface area contributed by atoms with Crippen molar-refractivity contribution in [2.45, 2.75) is 51.2 Å². The van der Waals surface area contributed by atoms with Gasteiger partial charge in [-0.1, -0.05) is 25.7 Å². The minimum Gasteiger partial charge on any atom is -0.480 e. The monoisotopic (exact) mass is 290 g/mol. The number of aryl methyl sites for hydroxylation is 1. The number of hydrogen-bond acceptors (Lipinski definition) is 2. The molecule has 1 aromatic rings. The van der Waals surface area contributed by atoms with Crippen LogP contribution in [0, 0.1) is 12.8 Å². The van der Waals surface area contributed by atoms with E-state index in [-0.39, 0.29) is 11.6 Å². The fourth-order valence-corrected chi connectivity index (χ4v) is 2.80. The molecule has 112 valence electrons. The van der Waals surface area contributed by atoms with Crippen molar-refractivity contribution in [2.24, 2.45) is 5.92 Å². The molecule has 4 nitrogen and oxygen atoms in total. The van der Waals surface area contributed by atoms with E-state index in [1.165, 1.54) is 6.92 Å². The van der Waals surface area contributed by atoms with Crippen LogP contribution in [0.3, 0.4) is 0 Å². The van der Waals surface area contributed by atoms with Gasteiger partial charge in [0.05, 0.1) is 11.3 Å². The predicted molar refractivity (Wildman–Crippen MR) is 65.2 cm³/mol. The Kier molecular flexibility index (Phi) is 4.06. The fraction of sp³-hybridized carbons (Fsp3) is 0.692. The number of hydrogen-bond donors (Lipinski definition) is 1. The van der Waals surface area contributed by atoms with Crippen molar-refractivity contribution in [2.75, 3.05) is 0 Å². The number of carboxylic acid groups (broad SMARTS) is 1. The summed E-state index contributed by atoms with van der Waals surface area (Å²) in [5.41, 5.74) is -1.05. The van der Waals surface area contributed by atoms with Crippen LogP contribution in [0.1, 0.15) is 49.4 Å². The van der Waals surface area contributed by atoms with Crippen LogP contribution in [-0.2, 0) is 11.0 Å². The molecule has 0 radical (unpaired) electrons. The first-order valence-electron chi connectivity index (χ1n) is 6.65. The largest absolute Gasteiger partial charge is 0.480 e. The van der Waals surface area contributed by atoms with Crippen LogP contribution >= 0.6 is 0 Å². The summed E-state index contributed by atoms with van der Waals surface area (Å²) in [6, 6.07) is -1.02. The number of aromatic nitrogens is 2. The van der Waals surface area contributed by atoms with Crippen LogP contribution in [0.2, 0.25) is 0 Å². The highest BCUT2D eigenvalue weighted by molar-refractivity contribution is 5.71. The van der Waals surface area contributed by atoms with Gasteiger partial charge in [-0.15, -0.1) is 0 Å². The smallest absolute Gasteiger partial charge is 0.419 e. The minimum absolute atomic E-state index is 0.185. The molecule has 1 unspecified atom stereocenters. The van der Waals surface area contributed by atoms with Crippen LogP contribution in [0.4, 0.5) is 13.2 Å². The first-order chi connectivity index (χ1) is 9.29. The Labute approximate surface area is 114 Å². The lowest BCUT2D eigenvalue weighted by atomic mass is 9.98. The number of carboxylic acids is 1. The highest BCUT2D eigenvalue weighted by Gasteiger charge is 2.36. The third-order valence-electron chi connectivity index (χ3n) is 3.86. The minimum atomic E-state index is -4.50. The van der Waals surface area contributed by atoms with Crippen LogP contribution < -0.4 is 0 Å². The van der Waals surface area contributed by atoms with Gasteiger partial charge in [-0.05, 0) is 19.3 Å². The van der Waals surface area contributed by atoms with Gasteiger partial charge in [0.25, 0.3) is 0 Å². The SMILES string of the molecule is Cc1nn(C(CC2CCCC2)C(=O)O)cc1C(F)(F)F. The summed E-state index contributed by atoms with van der Waals surface area (Å²) in [6.07, 6.45) is 0.647. The average molecular weight is 290 g/mol. The first-order valence-corrected chi connectivity index (χ1v) is 6.65. The summed E-state index contributed by atoms with van der Waals surface area (Å²) >= 11 is 0. The molecule has 0 aromatic carbocycles. The summed E-state index contributed by atoms with van der Waals surface area (Å²) in [7, 11) is 0. The van der Waals surface area contributed by atoms with Crippen molar-refractivity contribution in [1.82, 2.24) is 9.78 Å². The van der Waals surface area contributed by atoms with Gasteiger partial charge in [0, 0.05) is 6.20 Å². The highest BCUT2D eigenvalue weighted by Crippen LogP contribution is 2.35. The normalized spacial score (nSPS) is 18.4. The van der Waals surface area contributed by atoms with Gasteiger partial charge >= 0.3 is 12.1 Å². The molecule has 1 aliphatic rings. The second kappa shape index (κ2) is 5.46. The quantitative estimate of drug-likeness (QED) is 0.924. The lowest BCUT2D eigenvalue weighted by molar-refractivity contribution is -0.142. The molecule has 0 spiro atoms. The molecule has 1 fully saturated rings. The number of rotatable bonds is 4. The molecular weight excluding hydrogens is 273 g/mol. The third kappa shape index (κ3) is 3.13. The van der Waals surface area contributed by atoms with Crippen molar-refractivity contribution < 1.29 is 23.1 Å². The molecule has 0 bridgehead atoms. The van der Waals surface area contributed by atoms with Crippen molar-refractivity contribution in [3.05, 3.63) is 17.5 Å². The Morgan fingerprint density at radius 2 is 2.10 bits per heavy atom. The summed E-state index contributed by atoms with van der Waals surface area (Å²) in [5.74, 6) is -0.872.